The molecule has 0 bridgehead atoms. The van der Waals surface area contributed by atoms with Gasteiger partial charge in [0.1, 0.15) is 25.4 Å². The number of hydrogen-bond donors (Lipinski definition) is 0. The first-order valence-electron chi connectivity index (χ1n) is 6.63. The third-order valence-electron chi connectivity index (χ3n) is 2.74. The standard InChI is InChI=1S/C15H22O6/c1-9(2)13(16)18-7-11-12(21-15(5,6)20-11)8-19-14(17)10(3)4/h11-12H,1,3,7-8H2,2,4-6H3/t11-,12-/m0/s1. The van der Waals surface area contributed by atoms with E-state index >= 15 is 0 Å². The lowest BCUT2D eigenvalue weighted by molar-refractivity contribution is -0.161. The Kier molecular flexibility index (Phi) is 5.69. The zero-order chi connectivity index (χ0) is 16.2. The van der Waals surface area contributed by atoms with Crippen LogP contribution in [0.3, 0.4) is 0 Å². The fourth-order valence-corrected chi connectivity index (χ4v) is 1.75. The highest BCUT2D eigenvalue weighted by atomic mass is 16.8. The van der Waals surface area contributed by atoms with Gasteiger partial charge >= 0.3 is 11.9 Å². The van der Waals surface area contributed by atoms with E-state index in [1.165, 1.54) is 0 Å². The summed E-state index contributed by atoms with van der Waals surface area (Å²) in [5, 5.41) is 0. The average Bonchev–Trinajstić information content (AvgIpc) is 2.67. The van der Waals surface area contributed by atoms with E-state index in [-0.39, 0.29) is 13.2 Å². The lowest BCUT2D eigenvalue weighted by Gasteiger charge is -2.16. The van der Waals surface area contributed by atoms with Gasteiger partial charge in [-0.1, -0.05) is 13.2 Å². The number of hydrogen-bond acceptors (Lipinski definition) is 6. The summed E-state index contributed by atoms with van der Waals surface area (Å²) in [5.41, 5.74) is 0.608. The summed E-state index contributed by atoms with van der Waals surface area (Å²) in [5.74, 6) is -1.83. The van der Waals surface area contributed by atoms with Crippen LogP contribution in [-0.2, 0) is 28.5 Å². The van der Waals surface area contributed by atoms with Gasteiger partial charge in [-0.15, -0.1) is 0 Å². The van der Waals surface area contributed by atoms with Gasteiger partial charge in [0.15, 0.2) is 5.79 Å². The molecule has 0 N–H and O–H groups in total. The molecule has 0 spiro atoms. The van der Waals surface area contributed by atoms with Crippen molar-refractivity contribution in [2.45, 2.75) is 45.7 Å². The molecule has 0 amide bonds. The second kappa shape index (κ2) is 6.87. The summed E-state index contributed by atoms with van der Waals surface area (Å²) in [7, 11) is 0. The van der Waals surface area contributed by atoms with Crippen LogP contribution in [0.15, 0.2) is 24.3 Å². The molecule has 1 aliphatic heterocycles. The zero-order valence-electron chi connectivity index (χ0n) is 12.9. The van der Waals surface area contributed by atoms with E-state index in [0.717, 1.165) is 0 Å². The Balaban J connectivity index is 2.58. The number of carbonyl (C=O) groups is 2. The third kappa shape index (κ3) is 5.32. The molecule has 6 heteroatoms. The molecule has 0 unspecified atom stereocenters. The molecule has 1 aliphatic rings. The minimum Gasteiger partial charge on any atom is -0.459 e. The maximum atomic E-state index is 11.4. The van der Waals surface area contributed by atoms with E-state index in [0.29, 0.717) is 11.1 Å². The normalized spacial score (nSPS) is 23.4. The Labute approximate surface area is 124 Å². The molecular weight excluding hydrogens is 276 g/mol. The molecule has 1 saturated heterocycles. The molecule has 1 heterocycles. The summed E-state index contributed by atoms with van der Waals surface area (Å²) >= 11 is 0. The molecule has 0 aromatic rings. The number of rotatable bonds is 6. The van der Waals surface area contributed by atoms with Gasteiger partial charge in [-0.2, -0.15) is 0 Å². The first kappa shape index (κ1) is 17.4. The lowest BCUT2D eigenvalue weighted by Crippen LogP contribution is -2.33. The zero-order valence-corrected chi connectivity index (χ0v) is 12.9. The fourth-order valence-electron chi connectivity index (χ4n) is 1.75. The van der Waals surface area contributed by atoms with Gasteiger partial charge in [-0.3, -0.25) is 0 Å². The third-order valence-corrected chi connectivity index (χ3v) is 2.74. The van der Waals surface area contributed by atoms with E-state index < -0.39 is 29.9 Å². The van der Waals surface area contributed by atoms with Crippen molar-refractivity contribution in [3.05, 3.63) is 24.3 Å². The van der Waals surface area contributed by atoms with E-state index in [1.807, 2.05) is 0 Å². The SMILES string of the molecule is C=C(C)C(=O)OC[C@@H]1OC(C)(C)O[C@H]1COC(=O)C(=C)C. The molecule has 0 aromatic carbocycles. The maximum absolute atomic E-state index is 11.4. The van der Waals surface area contributed by atoms with Crippen LogP contribution in [0.1, 0.15) is 27.7 Å². The van der Waals surface area contributed by atoms with Crippen molar-refractivity contribution in [3.63, 3.8) is 0 Å². The second-order valence-electron chi connectivity index (χ2n) is 5.47. The van der Waals surface area contributed by atoms with Crippen LogP contribution >= 0.6 is 0 Å². The minimum absolute atomic E-state index is 0.00438. The van der Waals surface area contributed by atoms with Gasteiger partial charge in [0.2, 0.25) is 0 Å². The van der Waals surface area contributed by atoms with Gasteiger partial charge < -0.3 is 18.9 Å². The number of esters is 2. The molecule has 1 rings (SSSR count). The summed E-state index contributed by atoms with van der Waals surface area (Å²) in [6.45, 7) is 13.6. The summed E-state index contributed by atoms with van der Waals surface area (Å²) in [4.78, 5) is 22.8. The quantitative estimate of drug-likeness (QED) is 0.549. The van der Waals surface area contributed by atoms with Gasteiger partial charge in [-0.25, -0.2) is 9.59 Å². The molecule has 0 aliphatic carbocycles. The fraction of sp³-hybridized carbons (Fsp3) is 0.600. The van der Waals surface area contributed by atoms with Gasteiger partial charge in [0.25, 0.3) is 0 Å². The van der Waals surface area contributed by atoms with E-state index in [4.69, 9.17) is 18.9 Å². The van der Waals surface area contributed by atoms with E-state index in [9.17, 15) is 9.59 Å². The Morgan fingerprint density at radius 1 is 0.952 bits per heavy atom. The van der Waals surface area contributed by atoms with Crippen molar-refractivity contribution in [1.29, 1.82) is 0 Å². The summed E-state index contributed by atoms with van der Waals surface area (Å²) in [6, 6.07) is 0. The van der Waals surface area contributed by atoms with Crippen LogP contribution in [0, 0.1) is 0 Å². The summed E-state index contributed by atoms with van der Waals surface area (Å²) < 4.78 is 21.4. The molecule has 21 heavy (non-hydrogen) atoms. The highest BCUT2D eigenvalue weighted by Gasteiger charge is 2.42. The Bertz CT molecular complexity index is 411. The van der Waals surface area contributed by atoms with Crippen LogP contribution in [0.5, 0.6) is 0 Å². The predicted octanol–water partition coefficient (Wildman–Crippen LogP) is 1.75. The number of carbonyl (C=O) groups excluding carboxylic acids is 2. The van der Waals surface area contributed by atoms with Crippen molar-refractivity contribution >= 4 is 11.9 Å². The predicted molar refractivity (Wildman–Crippen MR) is 75.4 cm³/mol. The Morgan fingerprint density at radius 2 is 1.29 bits per heavy atom. The molecule has 0 aromatic heterocycles. The minimum atomic E-state index is -0.833. The maximum Gasteiger partial charge on any atom is 0.333 e. The topological polar surface area (TPSA) is 71.1 Å². The highest BCUT2D eigenvalue weighted by molar-refractivity contribution is 5.87. The smallest absolute Gasteiger partial charge is 0.333 e. The molecule has 0 saturated carbocycles. The summed E-state index contributed by atoms with van der Waals surface area (Å²) in [6.07, 6.45) is -1.03. The van der Waals surface area contributed by atoms with E-state index in [1.54, 1.807) is 27.7 Å². The molecule has 6 nitrogen and oxygen atoms in total. The van der Waals surface area contributed by atoms with Crippen molar-refractivity contribution in [2.24, 2.45) is 0 Å². The van der Waals surface area contributed by atoms with Gasteiger partial charge in [-0.05, 0) is 27.7 Å². The Hall–Kier alpha value is -1.66. The van der Waals surface area contributed by atoms with Crippen molar-refractivity contribution in [3.8, 4) is 0 Å². The van der Waals surface area contributed by atoms with E-state index in [2.05, 4.69) is 13.2 Å². The first-order chi connectivity index (χ1) is 9.62. The molecule has 0 radical (unpaired) electrons. The van der Waals surface area contributed by atoms with Crippen LogP contribution < -0.4 is 0 Å². The van der Waals surface area contributed by atoms with Gasteiger partial charge in [0, 0.05) is 11.1 Å². The van der Waals surface area contributed by atoms with Crippen molar-refractivity contribution in [2.75, 3.05) is 13.2 Å². The molecule has 1 fully saturated rings. The van der Waals surface area contributed by atoms with Crippen molar-refractivity contribution in [1.82, 2.24) is 0 Å². The highest BCUT2D eigenvalue weighted by Crippen LogP contribution is 2.28. The molecule has 2 atom stereocenters. The monoisotopic (exact) mass is 298 g/mol. The number of ether oxygens (including phenoxy) is 4. The first-order valence-corrected chi connectivity index (χ1v) is 6.63. The average molecular weight is 298 g/mol. The second-order valence-corrected chi connectivity index (χ2v) is 5.47. The molecule has 118 valence electrons. The molecular formula is C15H22O6. The van der Waals surface area contributed by atoms with Crippen LogP contribution in [0.25, 0.3) is 0 Å². The van der Waals surface area contributed by atoms with Crippen LogP contribution in [0.2, 0.25) is 0 Å². The Morgan fingerprint density at radius 3 is 1.57 bits per heavy atom. The largest absolute Gasteiger partial charge is 0.459 e. The van der Waals surface area contributed by atoms with Crippen LogP contribution in [-0.4, -0.2) is 43.1 Å². The van der Waals surface area contributed by atoms with Crippen molar-refractivity contribution < 1.29 is 28.5 Å². The van der Waals surface area contributed by atoms with Crippen LogP contribution in [0.4, 0.5) is 0 Å². The lowest BCUT2D eigenvalue weighted by atomic mass is 10.2. The van der Waals surface area contributed by atoms with Gasteiger partial charge in [0.05, 0.1) is 0 Å².